The molecule has 2 unspecified atom stereocenters. The minimum atomic E-state index is -3.83. The maximum absolute atomic E-state index is 13.0. The minimum Gasteiger partial charge on any atom is -0.460 e. The molecule has 12 nitrogen and oxygen atoms in total. The van der Waals surface area contributed by atoms with Crippen molar-refractivity contribution < 1.29 is 56.5 Å². The Kier molecular flexibility index (Phi) is 27.6. The van der Waals surface area contributed by atoms with Crippen molar-refractivity contribution in [3.63, 3.8) is 0 Å². The molecule has 2 saturated heterocycles. The highest BCUT2D eigenvalue weighted by molar-refractivity contribution is 7.52. The second-order valence-corrected chi connectivity index (χ2v) is 23.2. The number of rotatable bonds is 40. The first-order chi connectivity index (χ1) is 31.0. The summed E-state index contributed by atoms with van der Waals surface area (Å²) in [5.41, 5.74) is 0.658. The van der Waals surface area contributed by atoms with Gasteiger partial charge in [0.15, 0.2) is 0 Å². The van der Waals surface area contributed by atoms with Crippen molar-refractivity contribution in [3.8, 4) is 0 Å². The third kappa shape index (κ3) is 24.2. The van der Waals surface area contributed by atoms with Crippen LogP contribution in [0.25, 0.3) is 0 Å². The highest BCUT2D eigenvalue weighted by Crippen LogP contribution is 2.59. The lowest BCUT2D eigenvalue weighted by molar-refractivity contribution is -0.870. The first-order valence-corrected chi connectivity index (χ1v) is 28.0. The number of hydrogen-bond acceptors (Lipinski definition) is 10. The fourth-order valence-corrected chi connectivity index (χ4v) is 10.8. The summed E-state index contributed by atoms with van der Waals surface area (Å²) in [7, 11) is 4.01. The smallest absolute Gasteiger partial charge is 0.328 e. The van der Waals surface area contributed by atoms with Crippen molar-refractivity contribution in [2.24, 2.45) is 5.92 Å². The molecule has 8 atom stereocenters. The Hall–Kier alpha value is -1.37. The molecule has 2 aliphatic heterocycles. The predicted molar refractivity (Wildman–Crippen MR) is 260 cm³/mol. The molecule has 3 fully saturated rings. The standard InChI is InChI=1S/C52H96NO11P/c1-9-10-11-12-13-14-15-16-17-18-19-20-23-26-29-38-59-40-44(41-61-65(56,57)39-30-37-53(5,6)7)62-47(54)31-27-24-21-22-25-28-32-48(55)63-45-35-36-52(42-60-52)50(49(45)58-8)51(4)46(64-51)34-33-43(2)3/h33,44-46,49-50H,9-32,34-42H2,1-8H3/p+1/t44-,45+,46?,49+,50+,51-,52-/m0/s1. The summed E-state index contributed by atoms with van der Waals surface area (Å²) in [6.07, 6.45) is 29.2. The molecule has 1 aliphatic carbocycles. The van der Waals surface area contributed by atoms with Crippen molar-refractivity contribution in [3.05, 3.63) is 11.6 Å². The number of unbranched alkanes of at least 4 members (excludes halogenated alkanes) is 19. The van der Waals surface area contributed by atoms with Crippen LogP contribution < -0.4 is 0 Å². The number of carbonyl (C=O) groups excluding carboxylic acids is 2. The molecule has 0 radical (unpaired) electrons. The molecule has 0 amide bonds. The molecule has 3 rings (SSSR count). The van der Waals surface area contributed by atoms with E-state index in [1.54, 1.807) is 7.11 Å². The van der Waals surface area contributed by atoms with E-state index >= 15 is 0 Å². The number of carbonyl (C=O) groups is 2. The monoisotopic (exact) mass is 943 g/mol. The molecule has 380 valence electrons. The van der Waals surface area contributed by atoms with Gasteiger partial charge in [0.1, 0.15) is 29.5 Å². The van der Waals surface area contributed by atoms with Crippen molar-refractivity contribution in [1.82, 2.24) is 0 Å². The number of esters is 2. The average molecular weight is 943 g/mol. The van der Waals surface area contributed by atoms with Crippen LogP contribution in [-0.4, -0.2) is 124 Å². The molecule has 1 spiro atoms. The zero-order valence-corrected chi connectivity index (χ0v) is 43.6. The van der Waals surface area contributed by atoms with Gasteiger partial charge in [-0.3, -0.25) is 14.2 Å². The van der Waals surface area contributed by atoms with Gasteiger partial charge in [-0.05, 0) is 59.3 Å². The molecule has 0 aromatic rings. The summed E-state index contributed by atoms with van der Waals surface area (Å²) < 4.78 is 55.1. The van der Waals surface area contributed by atoms with Crippen LogP contribution in [0.5, 0.6) is 0 Å². The van der Waals surface area contributed by atoms with E-state index in [1.165, 1.54) is 89.0 Å². The zero-order valence-electron chi connectivity index (χ0n) is 42.7. The van der Waals surface area contributed by atoms with Gasteiger partial charge in [0.25, 0.3) is 0 Å². The van der Waals surface area contributed by atoms with Crippen LogP contribution in [-0.2, 0) is 47.1 Å². The number of quaternary nitrogens is 1. The van der Waals surface area contributed by atoms with E-state index in [9.17, 15) is 19.0 Å². The fraction of sp³-hybridized carbons (Fsp3) is 0.923. The quantitative estimate of drug-likeness (QED) is 0.0157. The first-order valence-electron chi connectivity index (χ1n) is 26.3. The fourth-order valence-electron chi connectivity index (χ4n) is 9.70. The third-order valence-corrected chi connectivity index (χ3v) is 15.2. The Morgan fingerprint density at radius 2 is 1.34 bits per heavy atom. The van der Waals surface area contributed by atoms with Gasteiger partial charge < -0.3 is 42.3 Å². The Bertz CT molecular complexity index is 1390. The summed E-state index contributed by atoms with van der Waals surface area (Å²) in [6.45, 7) is 10.6. The molecular weight excluding hydrogens is 846 g/mol. The summed E-state index contributed by atoms with van der Waals surface area (Å²) >= 11 is 0. The van der Waals surface area contributed by atoms with E-state index < -0.39 is 13.7 Å². The molecule has 0 aromatic carbocycles. The van der Waals surface area contributed by atoms with Crippen molar-refractivity contribution in [1.29, 1.82) is 0 Å². The maximum atomic E-state index is 13.0. The molecular formula is C52H97NO11P+. The molecule has 3 aliphatic rings. The predicted octanol–water partition coefficient (Wildman–Crippen LogP) is 11.8. The number of methoxy groups -OCH3 is 1. The van der Waals surface area contributed by atoms with Crippen LogP contribution in [0, 0.1) is 5.92 Å². The zero-order chi connectivity index (χ0) is 47.6. The molecule has 13 heteroatoms. The number of hydrogen-bond donors (Lipinski definition) is 1. The maximum Gasteiger partial charge on any atom is 0.328 e. The van der Waals surface area contributed by atoms with E-state index in [1.807, 2.05) is 21.1 Å². The topological polar surface area (TPSA) is 143 Å². The molecule has 1 saturated carbocycles. The van der Waals surface area contributed by atoms with Crippen LogP contribution in [0.1, 0.15) is 201 Å². The van der Waals surface area contributed by atoms with Crippen LogP contribution >= 0.6 is 7.60 Å². The molecule has 0 aromatic heterocycles. The molecule has 65 heavy (non-hydrogen) atoms. The van der Waals surface area contributed by atoms with Gasteiger partial charge in [0.05, 0.1) is 65.7 Å². The molecule has 1 N–H and O–H groups in total. The number of nitrogens with zero attached hydrogens (tertiary/aromatic N) is 1. The second-order valence-electron chi connectivity index (χ2n) is 21.2. The Morgan fingerprint density at radius 3 is 1.86 bits per heavy atom. The van der Waals surface area contributed by atoms with Crippen LogP contribution in [0.4, 0.5) is 0 Å². The summed E-state index contributed by atoms with van der Waals surface area (Å²) in [4.78, 5) is 36.4. The molecule has 0 bridgehead atoms. The lowest BCUT2D eigenvalue weighted by Gasteiger charge is -2.42. The van der Waals surface area contributed by atoms with E-state index in [2.05, 4.69) is 33.8 Å². The van der Waals surface area contributed by atoms with E-state index in [4.69, 9.17) is 32.9 Å². The van der Waals surface area contributed by atoms with Gasteiger partial charge in [-0.15, -0.1) is 0 Å². The molecule has 2 heterocycles. The highest BCUT2D eigenvalue weighted by Gasteiger charge is 2.72. The average Bonchev–Trinajstić information content (AvgIpc) is 4.17. The van der Waals surface area contributed by atoms with Gasteiger partial charge in [-0.2, -0.15) is 0 Å². The van der Waals surface area contributed by atoms with Crippen LogP contribution in [0.15, 0.2) is 11.6 Å². The number of ether oxygens (including phenoxy) is 6. The van der Waals surface area contributed by atoms with E-state index in [0.717, 1.165) is 70.8 Å². The lowest BCUT2D eigenvalue weighted by atomic mass is 9.68. The van der Waals surface area contributed by atoms with Gasteiger partial charge in [-0.1, -0.05) is 134 Å². The summed E-state index contributed by atoms with van der Waals surface area (Å²) in [5.74, 6) is -0.528. The van der Waals surface area contributed by atoms with E-state index in [0.29, 0.717) is 37.0 Å². The summed E-state index contributed by atoms with van der Waals surface area (Å²) in [5, 5.41) is 0. The van der Waals surface area contributed by atoms with Crippen molar-refractivity contribution in [2.45, 2.75) is 237 Å². The van der Waals surface area contributed by atoms with Gasteiger partial charge in [-0.25, -0.2) is 0 Å². The lowest BCUT2D eigenvalue weighted by Crippen LogP contribution is -2.55. The highest BCUT2D eigenvalue weighted by atomic mass is 31.2. The Morgan fingerprint density at radius 1 is 0.800 bits per heavy atom. The van der Waals surface area contributed by atoms with Crippen LogP contribution in [0.2, 0.25) is 0 Å². The largest absolute Gasteiger partial charge is 0.460 e. The van der Waals surface area contributed by atoms with E-state index in [-0.39, 0.29) is 73.2 Å². The van der Waals surface area contributed by atoms with Gasteiger partial charge in [0, 0.05) is 33.0 Å². The summed E-state index contributed by atoms with van der Waals surface area (Å²) in [6, 6.07) is 0. The SMILES string of the molecule is CCCCCCCCCCCCCCCCCOC[C@@H](COP(=O)(O)CCC[N+](C)(C)C)OC(=O)CCCCCCCCC(=O)O[C@@H]1CC[C@]2(CO2)[C@@H]([C@@]2(C)OC2CC=C(C)C)[C@@H]1OC. The van der Waals surface area contributed by atoms with Crippen molar-refractivity contribution >= 4 is 19.5 Å². The Labute approximate surface area is 396 Å². The Balaban J connectivity index is 1.28. The third-order valence-electron chi connectivity index (χ3n) is 13.8. The second kappa shape index (κ2) is 31.0. The number of epoxide rings is 2. The van der Waals surface area contributed by atoms with Gasteiger partial charge >= 0.3 is 19.5 Å². The minimum absolute atomic E-state index is 0.00693. The normalized spacial score (nSPS) is 25.2. The van der Waals surface area contributed by atoms with Crippen LogP contribution in [0.3, 0.4) is 0 Å². The van der Waals surface area contributed by atoms with Gasteiger partial charge in [0.2, 0.25) is 0 Å². The number of allylic oxidation sites excluding steroid dienone is 1. The first kappa shape index (κ1) is 57.9. The van der Waals surface area contributed by atoms with Crippen molar-refractivity contribution in [2.75, 3.05) is 67.4 Å².